The SMILES string of the molecule is COc1ccc(-c2noc(CN(C)C(=O)COc3ccc(C)cc3C)n2)c(OC)c1. The summed E-state index contributed by atoms with van der Waals surface area (Å²) < 4.78 is 21.5. The fourth-order valence-electron chi connectivity index (χ4n) is 2.91. The average Bonchev–Trinajstić information content (AvgIpc) is 3.20. The van der Waals surface area contributed by atoms with E-state index in [0.29, 0.717) is 34.5 Å². The lowest BCUT2D eigenvalue weighted by Crippen LogP contribution is -2.31. The molecule has 0 saturated carbocycles. The Balaban J connectivity index is 1.63. The average molecular weight is 411 g/mol. The van der Waals surface area contributed by atoms with Crippen LogP contribution >= 0.6 is 0 Å². The summed E-state index contributed by atoms with van der Waals surface area (Å²) in [4.78, 5) is 18.3. The Bertz CT molecular complexity index is 1030. The van der Waals surface area contributed by atoms with Crippen LogP contribution < -0.4 is 14.2 Å². The Labute approximate surface area is 175 Å². The summed E-state index contributed by atoms with van der Waals surface area (Å²) in [7, 11) is 4.80. The number of likely N-dealkylation sites (N-methyl/N-ethyl adjacent to an activating group) is 1. The number of carbonyl (C=O) groups excluding carboxylic acids is 1. The molecule has 1 amide bonds. The smallest absolute Gasteiger partial charge is 0.260 e. The van der Waals surface area contributed by atoms with Crippen molar-refractivity contribution in [3.05, 3.63) is 53.4 Å². The highest BCUT2D eigenvalue weighted by Crippen LogP contribution is 2.31. The first-order chi connectivity index (χ1) is 14.4. The van der Waals surface area contributed by atoms with Crippen LogP contribution in [-0.4, -0.2) is 48.8 Å². The molecule has 0 saturated heterocycles. The van der Waals surface area contributed by atoms with Gasteiger partial charge in [0.15, 0.2) is 6.61 Å². The van der Waals surface area contributed by atoms with Crippen molar-refractivity contribution in [1.82, 2.24) is 15.0 Å². The van der Waals surface area contributed by atoms with E-state index >= 15 is 0 Å². The number of nitrogens with zero attached hydrogens (tertiary/aromatic N) is 3. The van der Waals surface area contributed by atoms with Gasteiger partial charge in [-0.05, 0) is 37.6 Å². The molecule has 158 valence electrons. The van der Waals surface area contributed by atoms with Crippen LogP contribution in [-0.2, 0) is 11.3 Å². The normalized spacial score (nSPS) is 10.6. The van der Waals surface area contributed by atoms with E-state index in [1.165, 1.54) is 4.90 Å². The Kier molecular flexibility index (Phi) is 6.56. The molecule has 1 heterocycles. The van der Waals surface area contributed by atoms with Gasteiger partial charge in [-0.2, -0.15) is 4.98 Å². The minimum atomic E-state index is -0.197. The molecule has 30 heavy (non-hydrogen) atoms. The van der Waals surface area contributed by atoms with Gasteiger partial charge in [-0.1, -0.05) is 22.9 Å². The number of hydrogen-bond donors (Lipinski definition) is 0. The number of amides is 1. The molecule has 0 aliphatic carbocycles. The lowest BCUT2D eigenvalue weighted by Gasteiger charge is -2.16. The third-order valence-corrected chi connectivity index (χ3v) is 4.60. The maximum atomic E-state index is 12.4. The van der Waals surface area contributed by atoms with Gasteiger partial charge in [-0.3, -0.25) is 4.79 Å². The summed E-state index contributed by atoms with van der Waals surface area (Å²) in [6.45, 7) is 4.05. The molecule has 3 aromatic rings. The van der Waals surface area contributed by atoms with Gasteiger partial charge in [0.05, 0.1) is 26.3 Å². The molecular weight excluding hydrogens is 386 g/mol. The molecule has 3 rings (SSSR count). The summed E-state index contributed by atoms with van der Waals surface area (Å²) in [5, 5.41) is 4.00. The quantitative estimate of drug-likeness (QED) is 0.561. The van der Waals surface area contributed by atoms with Crippen molar-refractivity contribution in [2.75, 3.05) is 27.9 Å². The van der Waals surface area contributed by atoms with Gasteiger partial charge in [0, 0.05) is 13.1 Å². The lowest BCUT2D eigenvalue weighted by atomic mass is 10.1. The molecule has 0 unspecified atom stereocenters. The molecule has 0 bridgehead atoms. The molecular formula is C22H25N3O5. The van der Waals surface area contributed by atoms with Crippen LogP contribution in [0.4, 0.5) is 0 Å². The number of benzene rings is 2. The second-order valence-corrected chi connectivity index (χ2v) is 6.89. The molecule has 0 aliphatic heterocycles. The lowest BCUT2D eigenvalue weighted by molar-refractivity contribution is -0.132. The number of ether oxygens (including phenoxy) is 3. The van der Waals surface area contributed by atoms with E-state index in [-0.39, 0.29) is 19.1 Å². The summed E-state index contributed by atoms with van der Waals surface area (Å²) in [6.07, 6.45) is 0. The van der Waals surface area contributed by atoms with Crippen molar-refractivity contribution in [3.63, 3.8) is 0 Å². The zero-order valence-corrected chi connectivity index (χ0v) is 17.8. The van der Waals surface area contributed by atoms with Crippen LogP contribution in [0, 0.1) is 13.8 Å². The van der Waals surface area contributed by atoms with Crippen LogP contribution in [0.25, 0.3) is 11.4 Å². The minimum Gasteiger partial charge on any atom is -0.497 e. The summed E-state index contributed by atoms with van der Waals surface area (Å²) in [5.41, 5.74) is 2.80. The molecule has 8 nitrogen and oxygen atoms in total. The first-order valence-electron chi connectivity index (χ1n) is 9.40. The van der Waals surface area contributed by atoms with E-state index < -0.39 is 0 Å². The van der Waals surface area contributed by atoms with Gasteiger partial charge in [0.1, 0.15) is 17.2 Å². The van der Waals surface area contributed by atoms with Gasteiger partial charge < -0.3 is 23.6 Å². The van der Waals surface area contributed by atoms with E-state index in [1.54, 1.807) is 39.5 Å². The molecule has 0 fully saturated rings. The van der Waals surface area contributed by atoms with Crippen molar-refractivity contribution in [1.29, 1.82) is 0 Å². The molecule has 8 heteroatoms. The predicted molar refractivity (Wildman–Crippen MR) is 111 cm³/mol. The van der Waals surface area contributed by atoms with Crippen molar-refractivity contribution in [2.45, 2.75) is 20.4 Å². The van der Waals surface area contributed by atoms with Gasteiger partial charge in [0.2, 0.25) is 11.7 Å². The highest BCUT2D eigenvalue weighted by molar-refractivity contribution is 5.77. The van der Waals surface area contributed by atoms with Gasteiger partial charge in [0.25, 0.3) is 5.91 Å². The van der Waals surface area contributed by atoms with Gasteiger partial charge >= 0.3 is 0 Å². The van der Waals surface area contributed by atoms with Crippen LogP contribution in [0.2, 0.25) is 0 Å². The predicted octanol–water partition coefficient (Wildman–Crippen LogP) is 3.41. The topological polar surface area (TPSA) is 86.9 Å². The van der Waals surface area contributed by atoms with E-state index in [2.05, 4.69) is 10.1 Å². The summed E-state index contributed by atoms with van der Waals surface area (Å²) in [5.74, 6) is 2.40. The summed E-state index contributed by atoms with van der Waals surface area (Å²) in [6, 6.07) is 11.1. The third kappa shape index (κ3) is 4.89. The molecule has 1 aromatic heterocycles. The van der Waals surface area contributed by atoms with Crippen molar-refractivity contribution in [3.8, 4) is 28.6 Å². The second-order valence-electron chi connectivity index (χ2n) is 6.89. The number of hydrogen-bond acceptors (Lipinski definition) is 7. The monoisotopic (exact) mass is 411 g/mol. The Morgan fingerprint density at radius 2 is 1.87 bits per heavy atom. The maximum absolute atomic E-state index is 12.4. The molecule has 0 radical (unpaired) electrons. The second kappa shape index (κ2) is 9.30. The number of methoxy groups -OCH3 is 2. The first kappa shape index (κ1) is 21.2. The van der Waals surface area contributed by atoms with E-state index in [9.17, 15) is 4.79 Å². The highest BCUT2D eigenvalue weighted by Gasteiger charge is 2.18. The Hall–Kier alpha value is -3.55. The fourth-order valence-corrected chi connectivity index (χ4v) is 2.91. The van der Waals surface area contributed by atoms with Crippen molar-refractivity contribution >= 4 is 5.91 Å². The standard InChI is InChI=1S/C22H25N3O5/c1-14-6-9-18(15(2)10-14)29-13-21(26)25(3)12-20-23-22(24-30-20)17-8-7-16(27-4)11-19(17)28-5/h6-11H,12-13H2,1-5H3. The van der Waals surface area contributed by atoms with Crippen LogP contribution in [0.3, 0.4) is 0 Å². The van der Waals surface area contributed by atoms with Crippen molar-refractivity contribution in [2.24, 2.45) is 0 Å². The van der Waals surface area contributed by atoms with Crippen molar-refractivity contribution < 1.29 is 23.5 Å². The fraction of sp³-hybridized carbons (Fsp3) is 0.318. The zero-order valence-electron chi connectivity index (χ0n) is 17.8. The van der Waals surface area contributed by atoms with Gasteiger partial charge in [-0.25, -0.2) is 0 Å². The van der Waals surface area contributed by atoms with Gasteiger partial charge in [-0.15, -0.1) is 0 Å². The third-order valence-electron chi connectivity index (χ3n) is 4.60. The Morgan fingerprint density at radius 1 is 1.07 bits per heavy atom. The van der Waals surface area contributed by atoms with E-state index in [0.717, 1.165) is 11.1 Å². The zero-order chi connectivity index (χ0) is 21.7. The van der Waals surface area contributed by atoms with Crippen LogP contribution in [0.5, 0.6) is 17.2 Å². The first-order valence-corrected chi connectivity index (χ1v) is 9.40. The largest absolute Gasteiger partial charge is 0.497 e. The molecule has 0 N–H and O–H groups in total. The number of aryl methyl sites for hydroxylation is 2. The van der Waals surface area contributed by atoms with Crippen LogP contribution in [0.15, 0.2) is 40.9 Å². The molecule has 0 spiro atoms. The van der Waals surface area contributed by atoms with Crippen LogP contribution in [0.1, 0.15) is 17.0 Å². The molecule has 0 aliphatic rings. The number of rotatable bonds is 8. The molecule has 2 aromatic carbocycles. The molecule has 0 atom stereocenters. The highest BCUT2D eigenvalue weighted by atomic mass is 16.5. The maximum Gasteiger partial charge on any atom is 0.260 e. The minimum absolute atomic E-state index is 0.0757. The number of carbonyl (C=O) groups is 1. The van der Waals surface area contributed by atoms with E-state index in [4.69, 9.17) is 18.7 Å². The Morgan fingerprint density at radius 3 is 2.57 bits per heavy atom. The number of aromatic nitrogens is 2. The van der Waals surface area contributed by atoms with E-state index in [1.807, 2.05) is 32.0 Å². The summed E-state index contributed by atoms with van der Waals surface area (Å²) >= 11 is 0.